The molecule has 0 amide bonds. The summed E-state index contributed by atoms with van der Waals surface area (Å²) in [7, 11) is 0. The standard InChI is InChI=1S/C16H18N6O.2ClH/c17-8-10-1-3-11(4-2-10)15-19-16(23-22-15)14-7-13(20-21-14)12-5-6-18-9-12;;/h1-4,7,12,18H,5-6,8-9,17H2,(H,20,21);2*1H. The van der Waals surface area contributed by atoms with E-state index < -0.39 is 0 Å². The third kappa shape index (κ3) is 4.01. The summed E-state index contributed by atoms with van der Waals surface area (Å²) in [4.78, 5) is 4.44. The van der Waals surface area contributed by atoms with Gasteiger partial charge in [0.2, 0.25) is 5.82 Å². The van der Waals surface area contributed by atoms with E-state index in [1.165, 1.54) is 0 Å². The summed E-state index contributed by atoms with van der Waals surface area (Å²) in [5, 5.41) is 14.8. The van der Waals surface area contributed by atoms with Gasteiger partial charge in [0.15, 0.2) is 5.69 Å². The molecule has 1 fully saturated rings. The number of nitrogens with one attached hydrogen (secondary N) is 2. The summed E-state index contributed by atoms with van der Waals surface area (Å²) in [5.41, 5.74) is 9.36. The molecule has 4 rings (SSSR count). The number of aromatic nitrogens is 4. The van der Waals surface area contributed by atoms with Crippen LogP contribution in [0.5, 0.6) is 0 Å². The van der Waals surface area contributed by atoms with Crippen molar-refractivity contribution < 1.29 is 4.52 Å². The molecule has 0 aliphatic carbocycles. The highest BCUT2D eigenvalue weighted by Gasteiger charge is 2.21. The summed E-state index contributed by atoms with van der Waals surface area (Å²) in [6, 6.07) is 9.80. The second-order valence-corrected chi connectivity index (χ2v) is 5.72. The number of benzene rings is 1. The largest absolute Gasteiger partial charge is 0.332 e. The highest BCUT2D eigenvalue weighted by molar-refractivity contribution is 5.85. The van der Waals surface area contributed by atoms with Crippen molar-refractivity contribution in [2.45, 2.75) is 18.9 Å². The number of nitrogens with zero attached hydrogens (tertiary/aromatic N) is 3. The van der Waals surface area contributed by atoms with Gasteiger partial charge in [0.05, 0.1) is 0 Å². The first kappa shape index (κ1) is 19.4. The molecule has 0 bridgehead atoms. The van der Waals surface area contributed by atoms with Crippen LogP contribution >= 0.6 is 24.8 Å². The lowest BCUT2D eigenvalue weighted by Gasteiger charge is -2.02. The molecule has 4 N–H and O–H groups in total. The molecule has 2 aromatic heterocycles. The monoisotopic (exact) mass is 382 g/mol. The maximum atomic E-state index is 5.61. The van der Waals surface area contributed by atoms with Crippen molar-refractivity contribution in [3.8, 4) is 23.0 Å². The lowest BCUT2D eigenvalue weighted by Crippen LogP contribution is -2.08. The molecule has 0 spiro atoms. The molecule has 3 aromatic rings. The first-order chi connectivity index (χ1) is 11.3. The minimum absolute atomic E-state index is 0. The summed E-state index contributed by atoms with van der Waals surface area (Å²) >= 11 is 0. The van der Waals surface area contributed by atoms with Crippen molar-refractivity contribution in [1.29, 1.82) is 0 Å². The van der Waals surface area contributed by atoms with Gasteiger partial charge in [0.25, 0.3) is 5.89 Å². The van der Waals surface area contributed by atoms with Gasteiger partial charge in [-0.1, -0.05) is 29.4 Å². The van der Waals surface area contributed by atoms with Gasteiger partial charge in [-0.25, -0.2) is 0 Å². The highest BCUT2D eigenvalue weighted by Crippen LogP contribution is 2.26. The molecule has 1 aliphatic heterocycles. The van der Waals surface area contributed by atoms with Crippen LogP contribution in [0.4, 0.5) is 0 Å². The van der Waals surface area contributed by atoms with Crippen molar-refractivity contribution in [2.75, 3.05) is 13.1 Å². The number of nitrogens with two attached hydrogens (primary N) is 1. The molecule has 0 radical (unpaired) electrons. The minimum Gasteiger partial charge on any atom is -0.332 e. The molecule has 1 aromatic carbocycles. The molecule has 0 saturated carbocycles. The average molecular weight is 383 g/mol. The second kappa shape index (κ2) is 8.44. The Morgan fingerprint density at radius 1 is 1.20 bits per heavy atom. The van der Waals surface area contributed by atoms with Crippen molar-refractivity contribution in [3.63, 3.8) is 0 Å². The average Bonchev–Trinajstić information content (AvgIpc) is 3.34. The van der Waals surface area contributed by atoms with Gasteiger partial charge in [-0.3, -0.25) is 5.10 Å². The molecule has 3 heterocycles. The topological polar surface area (TPSA) is 106 Å². The zero-order valence-electron chi connectivity index (χ0n) is 13.4. The molecule has 1 saturated heterocycles. The Balaban J connectivity index is 0.00000113. The van der Waals surface area contributed by atoms with Gasteiger partial charge in [0.1, 0.15) is 0 Å². The molecule has 134 valence electrons. The molecule has 9 heteroatoms. The summed E-state index contributed by atoms with van der Waals surface area (Å²) in [6.45, 7) is 2.54. The van der Waals surface area contributed by atoms with Crippen molar-refractivity contribution in [2.24, 2.45) is 5.73 Å². The van der Waals surface area contributed by atoms with E-state index in [-0.39, 0.29) is 24.8 Å². The molecule has 7 nitrogen and oxygen atoms in total. The predicted molar refractivity (Wildman–Crippen MR) is 99.9 cm³/mol. The van der Waals surface area contributed by atoms with Crippen LogP contribution in [0.15, 0.2) is 34.9 Å². The molecule has 1 aliphatic rings. The fourth-order valence-corrected chi connectivity index (χ4v) is 2.81. The van der Waals surface area contributed by atoms with Gasteiger partial charge in [0, 0.05) is 30.3 Å². The Bertz CT molecular complexity index is 795. The quantitative estimate of drug-likeness (QED) is 0.639. The number of H-pyrrole nitrogens is 1. The minimum atomic E-state index is 0. The van der Waals surface area contributed by atoms with Crippen LogP contribution in [-0.4, -0.2) is 33.4 Å². The fraction of sp³-hybridized carbons (Fsp3) is 0.312. The summed E-state index contributed by atoms with van der Waals surface area (Å²) in [5.74, 6) is 1.45. The van der Waals surface area contributed by atoms with E-state index in [1.807, 2.05) is 30.3 Å². The normalized spacial score (nSPS) is 16.3. The zero-order chi connectivity index (χ0) is 15.6. The van der Waals surface area contributed by atoms with Gasteiger partial charge in [-0.15, -0.1) is 24.8 Å². The Labute approximate surface area is 157 Å². The van der Waals surface area contributed by atoms with E-state index in [2.05, 4.69) is 25.7 Å². The van der Waals surface area contributed by atoms with E-state index in [1.54, 1.807) is 0 Å². The fourth-order valence-electron chi connectivity index (χ4n) is 2.81. The second-order valence-electron chi connectivity index (χ2n) is 5.72. The van der Waals surface area contributed by atoms with E-state index in [9.17, 15) is 0 Å². The zero-order valence-corrected chi connectivity index (χ0v) is 15.1. The third-order valence-electron chi connectivity index (χ3n) is 4.19. The lowest BCUT2D eigenvalue weighted by atomic mass is 10.1. The number of rotatable bonds is 4. The number of aromatic amines is 1. The molecule has 1 atom stereocenters. The summed E-state index contributed by atoms with van der Waals surface area (Å²) < 4.78 is 5.35. The number of hydrogen-bond donors (Lipinski definition) is 3. The van der Waals surface area contributed by atoms with Gasteiger partial charge in [-0.2, -0.15) is 10.1 Å². The molecular weight excluding hydrogens is 363 g/mol. The van der Waals surface area contributed by atoms with Crippen molar-refractivity contribution in [3.05, 3.63) is 41.6 Å². The SMILES string of the molecule is Cl.Cl.NCc1ccc(-c2noc(-c3cc(C4CCNC4)[nH]n3)n2)cc1. The van der Waals surface area contributed by atoms with Crippen molar-refractivity contribution >= 4 is 24.8 Å². The number of hydrogen-bond acceptors (Lipinski definition) is 6. The van der Waals surface area contributed by atoms with Crippen molar-refractivity contribution in [1.82, 2.24) is 25.7 Å². The van der Waals surface area contributed by atoms with E-state index in [4.69, 9.17) is 10.3 Å². The third-order valence-corrected chi connectivity index (χ3v) is 4.19. The molecular formula is C16H20Cl2N6O. The Kier molecular flexibility index (Phi) is 6.55. The van der Waals surface area contributed by atoms with Gasteiger partial charge < -0.3 is 15.6 Å². The Morgan fingerprint density at radius 3 is 2.68 bits per heavy atom. The Hall–Kier alpha value is -1.93. The van der Waals surface area contributed by atoms with Gasteiger partial charge in [-0.05, 0) is 24.6 Å². The lowest BCUT2D eigenvalue weighted by molar-refractivity contribution is 0.431. The smallest absolute Gasteiger partial charge is 0.278 e. The van der Waals surface area contributed by atoms with Crippen LogP contribution in [0, 0.1) is 0 Å². The van der Waals surface area contributed by atoms with Crippen LogP contribution in [0.3, 0.4) is 0 Å². The van der Waals surface area contributed by atoms with E-state index >= 15 is 0 Å². The van der Waals surface area contributed by atoms with Crippen LogP contribution in [-0.2, 0) is 6.54 Å². The maximum Gasteiger partial charge on any atom is 0.278 e. The van der Waals surface area contributed by atoms with Crippen LogP contribution in [0.1, 0.15) is 23.6 Å². The molecule has 25 heavy (non-hydrogen) atoms. The van der Waals surface area contributed by atoms with E-state index in [0.29, 0.717) is 29.9 Å². The van der Waals surface area contributed by atoms with E-state index in [0.717, 1.165) is 36.3 Å². The first-order valence-electron chi connectivity index (χ1n) is 7.73. The first-order valence-corrected chi connectivity index (χ1v) is 7.73. The summed E-state index contributed by atoms with van der Waals surface area (Å²) in [6.07, 6.45) is 1.12. The predicted octanol–water partition coefficient (Wildman–Crippen LogP) is 2.51. The Morgan fingerprint density at radius 2 is 2.00 bits per heavy atom. The highest BCUT2D eigenvalue weighted by atomic mass is 35.5. The molecule has 1 unspecified atom stereocenters. The van der Waals surface area contributed by atoms with Crippen LogP contribution in [0.25, 0.3) is 23.0 Å². The number of halogens is 2. The van der Waals surface area contributed by atoms with Crippen LogP contribution < -0.4 is 11.1 Å². The maximum absolute atomic E-state index is 5.61. The van der Waals surface area contributed by atoms with Crippen LogP contribution in [0.2, 0.25) is 0 Å². The van der Waals surface area contributed by atoms with Gasteiger partial charge >= 0.3 is 0 Å².